The van der Waals surface area contributed by atoms with Crippen molar-refractivity contribution in [2.24, 2.45) is 0 Å². The third-order valence-electron chi connectivity index (χ3n) is 5.02. The zero-order valence-corrected chi connectivity index (χ0v) is 16.9. The molecule has 4 rings (SSSR count). The summed E-state index contributed by atoms with van der Waals surface area (Å²) in [5.74, 6) is -0.152. The van der Waals surface area contributed by atoms with Gasteiger partial charge in [-0.2, -0.15) is 0 Å². The van der Waals surface area contributed by atoms with Crippen LogP contribution in [-0.2, 0) is 13.1 Å². The molecule has 3 aromatic rings. The molecule has 3 aromatic carbocycles. The summed E-state index contributed by atoms with van der Waals surface area (Å²) < 4.78 is 5.83. The molecule has 0 unspecified atom stereocenters. The van der Waals surface area contributed by atoms with Gasteiger partial charge in [-0.05, 0) is 42.4 Å². The van der Waals surface area contributed by atoms with E-state index in [4.69, 9.17) is 4.74 Å². The van der Waals surface area contributed by atoms with Gasteiger partial charge in [-0.3, -0.25) is 20.1 Å². The number of carbonyl (C=O) groups excluding carboxylic acids is 1. The maximum Gasteiger partial charge on any atom is 0.231 e. The summed E-state index contributed by atoms with van der Waals surface area (Å²) in [7, 11) is 1.90. The lowest BCUT2D eigenvalue weighted by Crippen LogP contribution is -2.18. The van der Waals surface area contributed by atoms with E-state index >= 15 is 0 Å². The van der Waals surface area contributed by atoms with Crippen molar-refractivity contribution in [1.82, 2.24) is 4.90 Å². The van der Waals surface area contributed by atoms with E-state index in [2.05, 4.69) is 0 Å². The molecular weight excluding hydrogens is 396 g/mol. The average Bonchev–Trinajstić information content (AvgIpc) is 3.06. The second-order valence-electron chi connectivity index (χ2n) is 7.40. The lowest BCUT2D eigenvalue weighted by Gasteiger charge is -2.22. The Labute approximate surface area is 179 Å². The van der Waals surface area contributed by atoms with E-state index in [1.807, 2.05) is 42.3 Å². The second-order valence-corrected chi connectivity index (χ2v) is 7.40. The SMILES string of the molecule is CN(Cc1ccccc1)Cc1c([O-])ccc2c1OC(=Cc1cccc(N(O)O)c1)C2=O. The van der Waals surface area contributed by atoms with Crippen LogP contribution in [0.25, 0.3) is 6.08 Å². The first-order chi connectivity index (χ1) is 14.9. The van der Waals surface area contributed by atoms with Gasteiger partial charge in [-0.15, -0.1) is 11.0 Å². The molecule has 0 spiro atoms. The minimum atomic E-state index is -0.322. The first kappa shape index (κ1) is 20.6. The smallest absolute Gasteiger partial charge is 0.231 e. The van der Waals surface area contributed by atoms with Crippen molar-refractivity contribution >= 4 is 17.5 Å². The van der Waals surface area contributed by atoms with Crippen LogP contribution in [0.2, 0.25) is 0 Å². The summed E-state index contributed by atoms with van der Waals surface area (Å²) in [6.45, 7) is 0.975. The monoisotopic (exact) mass is 417 g/mol. The molecular formula is C24H21N2O5-. The first-order valence-corrected chi connectivity index (χ1v) is 9.70. The van der Waals surface area contributed by atoms with Crippen LogP contribution in [0.5, 0.6) is 11.5 Å². The van der Waals surface area contributed by atoms with E-state index in [9.17, 15) is 20.3 Å². The fourth-order valence-corrected chi connectivity index (χ4v) is 3.55. The van der Waals surface area contributed by atoms with Crippen molar-refractivity contribution in [3.63, 3.8) is 0 Å². The van der Waals surface area contributed by atoms with Gasteiger partial charge in [-0.1, -0.05) is 48.5 Å². The molecule has 0 aromatic heterocycles. The number of anilines is 1. The molecule has 0 saturated heterocycles. The van der Waals surface area contributed by atoms with E-state index < -0.39 is 0 Å². The van der Waals surface area contributed by atoms with Crippen LogP contribution in [0.1, 0.15) is 27.0 Å². The normalized spacial score (nSPS) is 14.1. The summed E-state index contributed by atoms with van der Waals surface area (Å²) in [5, 5.41) is 30.9. The molecule has 0 fully saturated rings. The summed E-state index contributed by atoms with van der Waals surface area (Å²) >= 11 is 0. The zero-order chi connectivity index (χ0) is 22.0. The van der Waals surface area contributed by atoms with E-state index in [1.165, 1.54) is 30.3 Å². The van der Waals surface area contributed by atoms with Gasteiger partial charge in [-0.25, -0.2) is 0 Å². The predicted molar refractivity (Wildman–Crippen MR) is 113 cm³/mol. The van der Waals surface area contributed by atoms with E-state index in [0.29, 0.717) is 29.8 Å². The van der Waals surface area contributed by atoms with Gasteiger partial charge >= 0.3 is 0 Å². The van der Waals surface area contributed by atoms with Crippen LogP contribution < -0.4 is 15.1 Å². The molecule has 0 radical (unpaired) electrons. The van der Waals surface area contributed by atoms with Gasteiger partial charge in [0.05, 0.1) is 11.3 Å². The molecule has 0 bridgehead atoms. The highest BCUT2D eigenvalue weighted by Crippen LogP contribution is 2.39. The number of ether oxygens (including phenoxy) is 1. The number of nitrogens with zero attached hydrogens (tertiary/aromatic N) is 2. The largest absolute Gasteiger partial charge is 0.872 e. The van der Waals surface area contributed by atoms with Crippen LogP contribution in [-0.4, -0.2) is 28.1 Å². The Morgan fingerprint density at radius 3 is 2.52 bits per heavy atom. The van der Waals surface area contributed by atoms with Crippen molar-refractivity contribution in [2.45, 2.75) is 13.1 Å². The Morgan fingerprint density at radius 1 is 1.00 bits per heavy atom. The Hall–Kier alpha value is -3.65. The quantitative estimate of drug-likeness (QED) is 0.467. The number of hydrogen-bond acceptors (Lipinski definition) is 7. The molecule has 31 heavy (non-hydrogen) atoms. The molecule has 158 valence electrons. The van der Waals surface area contributed by atoms with Crippen LogP contribution >= 0.6 is 0 Å². The number of fused-ring (bicyclic) bond motifs is 1. The third-order valence-corrected chi connectivity index (χ3v) is 5.02. The van der Waals surface area contributed by atoms with Gasteiger partial charge < -0.3 is 9.84 Å². The highest BCUT2D eigenvalue weighted by molar-refractivity contribution is 6.15. The highest BCUT2D eigenvalue weighted by Gasteiger charge is 2.30. The van der Waals surface area contributed by atoms with E-state index in [1.54, 1.807) is 12.1 Å². The van der Waals surface area contributed by atoms with E-state index in [-0.39, 0.29) is 34.0 Å². The summed E-state index contributed by atoms with van der Waals surface area (Å²) in [5.41, 5.74) is 2.58. The maximum absolute atomic E-state index is 12.8. The summed E-state index contributed by atoms with van der Waals surface area (Å²) in [4.78, 5) is 14.8. The Morgan fingerprint density at radius 2 is 1.77 bits per heavy atom. The fraction of sp³-hybridized carbons (Fsp3) is 0.125. The van der Waals surface area contributed by atoms with Crippen LogP contribution in [0.3, 0.4) is 0 Å². The number of hydrogen-bond donors (Lipinski definition) is 2. The predicted octanol–water partition coefficient (Wildman–Crippen LogP) is 3.59. The Balaban J connectivity index is 1.60. The van der Waals surface area contributed by atoms with E-state index in [0.717, 1.165) is 5.56 Å². The summed E-state index contributed by atoms with van der Waals surface area (Å²) in [6.07, 6.45) is 1.51. The molecule has 7 nitrogen and oxygen atoms in total. The molecule has 0 amide bonds. The van der Waals surface area contributed by atoms with Gasteiger partial charge in [0.1, 0.15) is 5.75 Å². The van der Waals surface area contributed by atoms with Crippen LogP contribution in [0.15, 0.2) is 72.5 Å². The van der Waals surface area contributed by atoms with Crippen molar-refractivity contribution < 1.29 is 25.1 Å². The summed E-state index contributed by atoms with van der Waals surface area (Å²) in [6, 6.07) is 19.1. The van der Waals surface area contributed by atoms with Crippen LogP contribution in [0.4, 0.5) is 5.69 Å². The molecule has 0 atom stereocenters. The third kappa shape index (κ3) is 4.44. The zero-order valence-electron chi connectivity index (χ0n) is 16.9. The first-order valence-electron chi connectivity index (χ1n) is 9.70. The van der Waals surface area contributed by atoms with Gasteiger partial charge in [0, 0.05) is 18.7 Å². The highest BCUT2D eigenvalue weighted by atomic mass is 16.8. The number of Topliss-reactive ketones (excluding diaryl/α,β-unsaturated/α-hetero) is 1. The minimum absolute atomic E-state index is 0.00152. The Bertz CT molecular complexity index is 1140. The second kappa shape index (κ2) is 8.61. The van der Waals surface area contributed by atoms with Crippen molar-refractivity contribution in [1.29, 1.82) is 0 Å². The van der Waals surface area contributed by atoms with Crippen LogP contribution in [0, 0.1) is 0 Å². The molecule has 2 N–H and O–H groups in total. The van der Waals surface area contributed by atoms with Gasteiger partial charge in [0.25, 0.3) is 0 Å². The molecule has 7 heteroatoms. The number of ketones is 1. The molecule has 0 saturated carbocycles. The minimum Gasteiger partial charge on any atom is -0.872 e. The Kier molecular flexibility index (Phi) is 5.73. The van der Waals surface area contributed by atoms with Crippen molar-refractivity contribution in [2.75, 3.05) is 12.3 Å². The van der Waals surface area contributed by atoms with Gasteiger partial charge in [0.2, 0.25) is 5.78 Å². The standard InChI is InChI=1S/C24H22N2O5/c1-25(14-16-6-3-2-4-7-16)15-20-21(27)11-10-19-23(28)22(31-24(19)20)13-17-8-5-9-18(12-17)26(29)30/h2-13,27,29-30H,14-15H2,1H3/p-1. The topological polar surface area (TPSA) is 96.3 Å². The number of benzene rings is 3. The van der Waals surface area contributed by atoms with Crippen molar-refractivity contribution in [3.8, 4) is 11.5 Å². The maximum atomic E-state index is 12.8. The molecule has 1 aliphatic rings. The van der Waals surface area contributed by atoms with Crippen molar-refractivity contribution in [3.05, 3.63) is 94.7 Å². The lowest BCUT2D eigenvalue weighted by atomic mass is 10.0. The fourth-order valence-electron chi connectivity index (χ4n) is 3.55. The number of rotatable bonds is 6. The van der Waals surface area contributed by atoms with Gasteiger partial charge in [0.15, 0.2) is 5.76 Å². The number of carbonyl (C=O) groups is 1. The number of allylic oxidation sites excluding steroid dienone is 1. The molecule has 1 aliphatic heterocycles. The molecule has 1 heterocycles. The lowest BCUT2D eigenvalue weighted by molar-refractivity contribution is -0.269. The average molecular weight is 417 g/mol. The molecule has 0 aliphatic carbocycles.